The third-order valence-electron chi connectivity index (χ3n) is 6.06. The normalized spacial score (nSPS) is 14.5. The van der Waals surface area contributed by atoms with Crippen LogP contribution in [0.25, 0.3) is 44.5 Å². The van der Waals surface area contributed by atoms with Gasteiger partial charge in [-0.2, -0.15) is 5.10 Å². The molecule has 1 aromatic carbocycles. The molecule has 0 bridgehead atoms. The standard InChI is InChI=1S/C24H22N6O/c31-16-9-15(12-25-13-16)20-11-18-22(14-26-20)28-29-24(18)21-10-17-19(27-21)5-4-6-23(17)30-7-2-1-3-8-30/h4-6,9-14,27,31H,1-3,7-8H2,(H,28,29). The van der Waals surface area contributed by atoms with Gasteiger partial charge in [0.25, 0.3) is 0 Å². The Bertz CT molecular complexity index is 1400. The lowest BCUT2D eigenvalue weighted by atomic mass is 10.1. The van der Waals surface area contributed by atoms with Crippen molar-refractivity contribution in [3.63, 3.8) is 0 Å². The highest BCUT2D eigenvalue weighted by Gasteiger charge is 2.17. The Hall–Kier alpha value is -3.87. The number of aromatic nitrogens is 5. The van der Waals surface area contributed by atoms with Crippen LogP contribution in [0, 0.1) is 0 Å². The summed E-state index contributed by atoms with van der Waals surface area (Å²) in [6.07, 6.45) is 8.69. The van der Waals surface area contributed by atoms with Crippen LogP contribution in [0.15, 0.2) is 55.0 Å². The molecule has 0 amide bonds. The topological polar surface area (TPSA) is 93.7 Å². The van der Waals surface area contributed by atoms with Gasteiger partial charge in [0.1, 0.15) is 11.4 Å². The summed E-state index contributed by atoms with van der Waals surface area (Å²) >= 11 is 0. The lowest BCUT2D eigenvalue weighted by molar-refractivity contribution is 0.473. The number of rotatable bonds is 3. The average molecular weight is 410 g/mol. The molecule has 7 nitrogen and oxygen atoms in total. The molecule has 0 unspecified atom stereocenters. The first-order valence-corrected chi connectivity index (χ1v) is 10.6. The van der Waals surface area contributed by atoms with Crippen LogP contribution in [-0.2, 0) is 0 Å². The van der Waals surface area contributed by atoms with Crippen molar-refractivity contribution < 1.29 is 5.11 Å². The van der Waals surface area contributed by atoms with Crippen molar-refractivity contribution in [2.45, 2.75) is 19.3 Å². The number of nitrogens with one attached hydrogen (secondary N) is 2. The number of aromatic hydroxyl groups is 1. The van der Waals surface area contributed by atoms with Gasteiger partial charge in [0.05, 0.1) is 29.3 Å². The number of hydrogen-bond donors (Lipinski definition) is 3. The van der Waals surface area contributed by atoms with Crippen molar-refractivity contribution in [1.82, 2.24) is 25.1 Å². The number of anilines is 1. The number of hydrogen-bond acceptors (Lipinski definition) is 5. The second-order valence-electron chi connectivity index (χ2n) is 8.09. The molecule has 5 heterocycles. The van der Waals surface area contributed by atoms with Crippen LogP contribution in [-0.4, -0.2) is 43.3 Å². The fourth-order valence-corrected chi connectivity index (χ4v) is 4.53. The van der Waals surface area contributed by atoms with Gasteiger partial charge in [-0.15, -0.1) is 0 Å². The molecule has 0 atom stereocenters. The highest BCUT2D eigenvalue weighted by atomic mass is 16.3. The minimum atomic E-state index is 0.118. The molecule has 7 heteroatoms. The molecule has 1 fully saturated rings. The van der Waals surface area contributed by atoms with Crippen LogP contribution < -0.4 is 4.90 Å². The zero-order valence-electron chi connectivity index (χ0n) is 17.0. The Labute approximate surface area is 178 Å². The Morgan fingerprint density at radius 2 is 1.81 bits per heavy atom. The van der Waals surface area contributed by atoms with Gasteiger partial charge in [-0.3, -0.25) is 15.1 Å². The highest BCUT2D eigenvalue weighted by Crippen LogP contribution is 2.35. The van der Waals surface area contributed by atoms with E-state index >= 15 is 0 Å². The predicted octanol–water partition coefficient (Wildman–Crippen LogP) is 4.86. The van der Waals surface area contributed by atoms with E-state index in [1.165, 1.54) is 36.5 Å². The number of benzene rings is 1. The Morgan fingerprint density at radius 1 is 0.903 bits per heavy atom. The van der Waals surface area contributed by atoms with E-state index in [1.807, 2.05) is 6.07 Å². The number of pyridine rings is 2. The van der Waals surface area contributed by atoms with Gasteiger partial charge in [-0.25, -0.2) is 0 Å². The smallest absolute Gasteiger partial charge is 0.134 e. The first-order chi connectivity index (χ1) is 15.3. The maximum atomic E-state index is 9.78. The van der Waals surface area contributed by atoms with Crippen molar-refractivity contribution in [2.75, 3.05) is 18.0 Å². The summed E-state index contributed by atoms with van der Waals surface area (Å²) in [7, 11) is 0. The van der Waals surface area contributed by atoms with Crippen molar-refractivity contribution in [3.8, 4) is 28.4 Å². The zero-order valence-corrected chi connectivity index (χ0v) is 17.0. The van der Waals surface area contributed by atoms with Crippen molar-refractivity contribution >= 4 is 27.5 Å². The van der Waals surface area contributed by atoms with E-state index in [-0.39, 0.29) is 5.75 Å². The Morgan fingerprint density at radius 3 is 2.68 bits per heavy atom. The van der Waals surface area contributed by atoms with Crippen LogP contribution in [0.4, 0.5) is 5.69 Å². The van der Waals surface area contributed by atoms with Gasteiger partial charge < -0.3 is 15.0 Å². The third kappa shape index (κ3) is 3.09. The lowest BCUT2D eigenvalue weighted by Crippen LogP contribution is -2.29. The van der Waals surface area contributed by atoms with E-state index in [0.717, 1.165) is 52.2 Å². The second-order valence-corrected chi connectivity index (χ2v) is 8.09. The summed E-state index contributed by atoms with van der Waals surface area (Å²) in [6, 6.07) is 12.3. The van der Waals surface area contributed by atoms with E-state index in [0.29, 0.717) is 0 Å². The van der Waals surface area contributed by atoms with E-state index in [9.17, 15) is 5.11 Å². The minimum Gasteiger partial charge on any atom is -0.506 e. The van der Waals surface area contributed by atoms with Crippen LogP contribution in [0.5, 0.6) is 5.75 Å². The molecule has 6 rings (SSSR count). The summed E-state index contributed by atoms with van der Waals surface area (Å²) < 4.78 is 0. The molecule has 0 saturated carbocycles. The maximum absolute atomic E-state index is 9.78. The SMILES string of the molecule is Oc1cncc(-c2cc3c(-c4cc5c(N6CCCCC6)cccc5[nH]4)n[nH]c3cn2)c1. The lowest BCUT2D eigenvalue weighted by Gasteiger charge is -2.29. The summed E-state index contributed by atoms with van der Waals surface area (Å²) in [4.78, 5) is 14.6. The molecule has 1 aliphatic heterocycles. The van der Waals surface area contributed by atoms with Crippen molar-refractivity contribution in [3.05, 3.63) is 55.0 Å². The van der Waals surface area contributed by atoms with Gasteiger partial charge in [0, 0.05) is 46.8 Å². The quantitative estimate of drug-likeness (QED) is 0.395. The fraction of sp³-hybridized carbons (Fsp3) is 0.208. The maximum Gasteiger partial charge on any atom is 0.134 e. The third-order valence-corrected chi connectivity index (χ3v) is 6.06. The number of aromatic amines is 2. The van der Waals surface area contributed by atoms with Gasteiger partial charge >= 0.3 is 0 Å². The second kappa shape index (κ2) is 7.12. The van der Waals surface area contributed by atoms with E-state index < -0.39 is 0 Å². The number of fused-ring (bicyclic) bond motifs is 2. The molecule has 4 aromatic heterocycles. The molecule has 3 N–H and O–H groups in total. The molecular weight excluding hydrogens is 388 g/mol. The number of nitrogens with zero attached hydrogens (tertiary/aromatic N) is 4. The molecule has 1 aliphatic rings. The first-order valence-electron chi connectivity index (χ1n) is 10.6. The van der Waals surface area contributed by atoms with Gasteiger partial charge in [-0.1, -0.05) is 6.07 Å². The van der Waals surface area contributed by atoms with Crippen molar-refractivity contribution in [1.29, 1.82) is 0 Å². The zero-order chi connectivity index (χ0) is 20.8. The number of H-pyrrole nitrogens is 2. The summed E-state index contributed by atoms with van der Waals surface area (Å²) in [6.45, 7) is 2.22. The van der Waals surface area contributed by atoms with Gasteiger partial charge in [0.15, 0.2) is 0 Å². The monoisotopic (exact) mass is 410 g/mol. The van der Waals surface area contributed by atoms with Crippen LogP contribution in [0.1, 0.15) is 19.3 Å². The molecule has 0 radical (unpaired) electrons. The number of piperidine rings is 1. The summed E-state index contributed by atoms with van der Waals surface area (Å²) in [5.74, 6) is 0.118. The molecule has 1 saturated heterocycles. The molecule has 154 valence electrons. The highest BCUT2D eigenvalue weighted by molar-refractivity contribution is 6.00. The molecule has 31 heavy (non-hydrogen) atoms. The predicted molar refractivity (Wildman–Crippen MR) is 122 cm³/mol. The van der Waals surface area contributed by atoms with Crippen LogP contribution in [0.2, 0.25) is 0 Å². The van der Waals surface area contributed by atoms with Crippen LogP contribution in [0.3, 0.4) is 0 Å². The largest absolute Gasteiger partial charge is 0.506 e. The van der Waals surface area contributed by atoms with E-state index in [2.05, 4.69) is 54.3 Å². The average Bonchev–Trinajstić information content (AvgIpc) is 3.43. The van der Waals surface area contributed by atoms with Crippen molar-refractivity contribution in [2.24, 2.45) is 0 Å². The molecule has 0 aliphatic carbocycles. The Kier molecular flexibility index (Phi) is 4.12. The van der Waals surface area contributed by atoms with Crippen LogP contribution >= 0.6 is 0 Å². The van der Waals surface area contributed by atoms with E-state index in [4.69, 9.17) is 0 Å². The first kappa shape index (κ1) is 17.9. The van der Waals surface area contributed by atoms with Gasteiger partial charge in [-0.05, 0) is 49.6 Å². The fourth-order valence-electron chi connectivity index (χ4n) is 4.53. The van der Waals surface area contributed by atoms with Gasteiger partial charge in [0.2, 0.25) is 0 Å². The molecular formula is C24H22N6O. The summed E-state index contributed by atoms with van der Waals surface area (Å²) in [5, 5.41) is 19.6. The molecule has 5 aromatic rings. The summed E-state index contributed by atoms with van der Waals surface area (Å²) in [5.41, 5.74) is 6.58. The Balaban J connectivity index is 1.46. The molecule has 0 spiro atoms. The minimum absolute atomic E-state index is 0.118. The van der Waals surface area contributed by atoms with E-state index in [1.54, 1.807) is 18.5 Å².